The predicted molar refractivity (Wildman–Crippen MR) is 112 cm³/mol. The van der Waals surface area contributed by atoms with Gasteiger partial charge >= 0.3 is 24.4 Å². The number of hydrogen-bond donors (Lipinski definition) is 1. The Kier molecular flexibility index (Phi) is 10.9. The van der Waals surface area contributed by atoms with Gasteiger partial charge in [-0.3, -0.25) is 4.79 Å². The molecule has 1 unspecified atom stereocenters. The maximum atomic E-state index is 12.4. The number of rotatable bonds is 10. The lowest BCUT2D eigenvalue weighted by atomic mass is 9.88. The highest BCUT2D eigenvalue weighted by molar-refractivity contribution is 5.81. The zero-order valence-electron chi connectivity index (χ0n) is 19.2. The molecule has 0 aliphatic rings. The molecule has 0 heterocycles. The first-order chi connectivity index (χ1) is 15.5. The summed E-state index contributed by atoms with van der Waals surface area (Å²) in [7, 11) is 3.37. The van der Waals surface area contributed by atoms with Gasteiger partial charge in [-0.25, -0.2) is 14.4 Å². The maximum absolute atomic E-state index is 12.4. The fourth-order valence-electron chi connectivity index (χ4n) is 2.51. The first-order valence-electron chi connectivity index (χ1n) is 9.86. The largest absolute Gasteiger partial charge is 0.513 e. The fraction of sp³-hybridized carbons (Fsp3) is 0.524. The van der Waals surface area contributed by atoms with Gasteiger partial charge in [-0.05, 0) is 23.6 Å². The first-order valence-corrected chi connectivity index (χ1v) is 9.86. The van der Waals surface area contributed by atoms with E-state index in [-0.39, 0.29) is 43.5 Å². The van der Waals surface area contributed by atoms with Crippen LogP contribution in [-0.4, -0.2) is 64.5 Å². The number of benzene rings is 1. The summed E-state index contributed by atoms with van der Waals surface area (Å²) in [5.41, 5.74) is 5.09. The molecule has 2 N–H and O–H groups in total. The van der Waals surface area contributed by atoms with Gasteiger partial charge in [0.15, 0.2) is 11.5 Å². The summed E-state index contributed by atoms with van der Waals surface area (Å²) in [4.78, 5) is 47.0. The molecule has 12 nitrogen and oxygen atoms in total. The lowest BCUT2D eigenvalue weighted by molar-refractivity contribution is -0.147. The number of hydrogen-bond acceptors (Lipinski definition) is 12. The molecule has 1 aromatic carbocycles. The van der Waals surface area contributed by atoms with Crippen LogP contribution < -0.4 is 15.2 Å². The van der Waals surface area contributed by atoms with E-state index in [2.05, 4.69) is 9.47 Å². The molecule has 0 spiro atoms. The number of carbonyl (C=O) groups excluding carboxylic acids is 4. The first kappa shape index (κ1) is 27.5. The van der Waals surface area contributed by atoms with Crippen molar-refractivity contribution in [2.75, 3.05) is 34.5 Å². The molecule has 1 rings (SSSR count). The van der Waals surface area contributed by atoms with Crippen molar-refractivity contribution in [1.29, 1.82) is 0 Å². The molecule has 0 fully saturated rings. The van der Waals surface area contributed by atoms with Crippen molar-refractivity contribution in [3.8, 4) is 11.5 Å². The Morgan fingerprint density at radius 2 is 1.48 bits per heavy atom. The van der Waals surface area contributed by atoms with Crippen molar-refractivity contribution < 1.29 is 52.3 Å². The van der Waals surface area contributed by atoms with Crippen LogP contribution in [0, 0.1) is 5.92 Å². The summed E-state index contributed by atoms with van der Waals surface area (Å²) < 4.78 is 33.5. The lowest BCUT2D eigenvalue weighted by Gasteiger charge is -2.26. The van der Waals surface area contributed by atoms with Crippen molar-refractivity contribution >= 4 is 24.4 Å². The van der Waals surface area contributed by atoms with Gasteiger partial charge in [-0.1, -0.05) is 19.9 Å². The van der Waals surface area contributed by atoms with Crippen LogP contribution in [0.15, 0.2) is 18.2 Å². The highest BCUT2D eigenvalue weighted by atomic mass is 16.7. The summed E-state index contributed by atoms with van der Waals surface area (Å²) in [6.07, 6.45) is -3.18. The molecule has 0 bridgehead atoms. The average Bonchev–Trinajstić information content (AvgIpc) is 2.78. The van der Waals surface area contributed by atoms with Gasteiger partial charge in [0.2, 0.25) is 0 Å². The van der Waals surface area contributed by atoms with Gasteiger partial charge in [-0.2, -0.15) is 0 Å². The van der Waals surface area contributed by atoms with E-state index in [1.807, 2.05) is 13.8 Å². The standard InChI is InChI=1S/C21H29NO11/c1-13(2)12-31-20(26)30-9-8-21(22,17(23)27-3)11-14-6-7-15(32-18(24)28-4)16(10-14)33-19(25)29-5/h6-7,10,13H,8-9,11-12,22H2,1-5H3. The Hall–Kier alpha value is -3.54. The highest BCUT2D eigenvalue weighted by Gasteiger charge is 2.36. The molecule has 1 atom stereocenters. The van der Waals surface area contributed by atoms with Crippen LogP contribution in [0.4, 0.5) is 14.4 Å². The summed E-state index contributed by atoms with van der Waals surface area (Å²) in [6.45, 7) is 3.72. The molecule has 0 saturated carbocycles. The molecule has 0 aliphatic heterocycles. The van der Waals surface area contributed by atoms with Gasteiger partial charge in [0.1, 0.15) is 5.54 Å². The van der Waals surface area contributed by atoms with Crippen LogP contribution in [0.1, 0.15) is 25.8 Å². The Morgan fingerprint density at radius 3 is 2.03 bits per heavy atom. The number of methoxy groups -OCH3 is 3. The van der Waals surface area contributed by atoms with Crippen molar-refractivity contribution in [2.45, 2.75) is 32.2 Å². The van der Waals surface area contributed by atoms with E-state index in [4.69, 9.17) is 29.4 Å². The minimum atomic E-state index is -1.60. The topological polar surface area (TPSA) is 159 Å². The minimum absolute atomic E-state index is 0.0932. The zero-order valence-corrected chi connectivity index (χ0v) is 19.2. The Bertz CT molecular complexity index is 839. The smallest absolute Gasteiger partial charge is 0.468 e. The van der Waals surface area contributed by atoms with E-state index in [9.17, 15) is 19.2 Å². The predicted octanol–water partition coefficient (Wildman–Crippen LogP) is 2.59. The molecule has 0 aliphatic carbocycles. The highest BCUT2D eigenvalue weighted by Crippen LogP contribution is 2.31. The fourth-order valence-corrected chi connectivity index (χ4v) is 2.51. The Labute approximate surface area is 191 Å². The van der Waals surface area contributed by atoms with Gasteiger partial charge in [0.05, 0.1) is 34.5 Å². The second-order valence-electron chi connectivity index (χ2n) is 7.27. The van der Waals surface area contributed by atoms with Gasteiger partial charge in [-0.15, -0.1) is 0 Å². The van der Waals surface area contributed by atoms with E-state index in [1.165, 1.54) is 25.3 Å². The van der Waals surface area contributed by atoms with Crippen LogP contribution in [0.5, 0.6) is 11.5 Å². The van der Waals surface area contributed by atoms with E-state index >= 15 is 0 Å². The van der Waals surface area contributed by atoms with E-state index in [0.717, 1.165) is 14.2 Å². The Morgan fingerprint density at radius 1 is 0.879 bits per heavy atom. The molecule has 1 aromatic rings. The summed E-state index contributed by atoms with van der Waals surface area (Å²) in [5, 5.41) is 0. The number of nitrogens with two attached hydrogens (primary N) is 1. The SMILES string of the molecule is COC(=O)Oc1ccc(CC(N)(CCOC(=O)OCC(C)C)C(=O)OC)cc1OC(=O)OC. The maximum Gasteiger partial charge on any atom is 0.513 e. The zero-order chi connectivity index (χ0) is 25.0. The quantitative estimate of drug-likeness (QED) is 0.302. The normalized spacial score (nSPS) is 12.2. The third kappa shape index (κ3) is 9.23. The van der Waals surface area contributed by atoms with Crippen LogP contribution in [-0.2, 0) is 34.9 Å². The molecular formula is C21H29NO11. The minimum Gasteiger partial charge on any atom is -0.468 e. The number of esters is 1. The van der Waals surface area contributed by atoms with Crippen molar-refractivity contribution in [2.24, 2.45) is 11.7 Å². The van der Waals surface area contributed by atoms with Gasteiger partial charge in [0, 0.05) is 12.8 Å². The second kappa shape index (κ2) is 13.1. The van der Waals surface area contributed by atoms with E-state index < -0.39 is 30.0 Å². The Balaban J connectivity index is 3.03. The van der Waals surface area contributed by atoms with Gasteiger partial charge in [0.25, 0.3) is 0 Å². The van der Waals surface area contributed by atoms with Crippen LogP contribution in [0.2, 0.25) is 0 Å². The molecule has 184 valence electrons. The van der Waals surface area contributed by atoms with Gasteiger partial charge < -0.3 is 38.9 Å². The summed E-state index contributed by atoms with van der Waals surface area (Å²) in [5.74, 6) is -0.931. The monoisotopic (exact) mass is 471 g/mol. The van der Waals surface area contributed by atoms with E-state index in [0.29, 0.717) is 5.56 Å². The average molecular weight is 471 g/mol. The lowest BCUT2D eigenvalue weighted by Crippen LogP contribution is -2.51. The number of ether oxygens (including phenoxy) is 7. The second-order valence-corrected chi connectivity index (χ2v) is 7.27. The molecular weight excluding hydrogens is 442 g/mol. The number of carbonyl (C=O) groups is 4. The summed E-state index contributed by atoms with van der Waals surface area (Å²) >= 11 is 0. The van der Waals surface area contributed by atoms with Crippen molar-refractivity contribution in [1.82, 2.24) is 0 Å². The van der Waals surface area contributed by atoms with Crippen LogP contribution in [0.3, 0.4) is 0 Å². The third-order valence-electron chi connectivity index (χ3n) is 4.14. The van der Waals surface area contributed by atoms with E-state index in [1.54, 1.807) is 0 Å². The third-order valence-corrected chi connectivity index (χ3v) is 4.14. The van der Waals surface area contributed by atoms with Crippen LogP contribution >= 0.6 is 0 Å². The molecule has 0 radical (unpaired) electrons. The van der Waals surface area contributed by atoms with Crippen molar-refractivity contribution in [3.63, 3.8) is 0 Å². The summed E-state index contributed by atoms with van der Waals surface area (Å²) in [6, 6.07) is 4.14. The van der Waals surface area contributed by atoms with Crippen molar-refractivity contribution in [3.05, 3.63) is 23.8 Å². The molecule has 0 amide bonds. The molecule has 0 aromatic heterocycles. The molecule has 33 heavy (non-hydrogen) atoms. The molecule has 0 saturated heterocycles. The van der Waals surface area contributed by atoms with Crippen LogP contribution in [0.25, 0.3) is 0 Å². The molecule has 12 heteroatoms.